The third kappa shape index (κ3) is 3.80. The molecule has 3 aliphatic rings. The summed E-state index contributed by atoms with van der Waals surface area (Å²) in [5.74, 6) is 0.961. The van der Waals surface area contributed by atoms with Gasteiger partial charge in [0.1, 0.15) is 5.82 Å². The molecule has 1 N–H and O–H groups in total. The maximum atomic E-state index is 13.6. The van der Waals surface area contributed by atoms with Crippen LogP contribution in [-0.4, -0.2) is 36.6 Å². The van der Waals surface area contributed by atoms with E-state index in [1.807, 2.05) is 4.90 Å². The number of amides is 2. The second kappa shape index (κ2) is 8.45. The van der Waals surface area contributed by atoms with Gasteiger partial charge in [-0.3, -0.25) is 9.59 Å². The summed E-state index contributed by atoms with van der Waals surface area (Å²) in [6.45, 7) is 1.31. The molecule has 2 fully saturated rings. The standard InChI is InChI=1S/C25H27FN2O4/c26-19-5-3-18(4-6-19)25(11-1-2-12-25)24(30)28-13-9-17(10-14-28)23(29)27-20-7-8-21-22(15-20)32-16-31-21/h3-8,15,17H,1-2,9-14,16H2,(H,27,29). The lowest BCUT2D eigenvalue weighted by Gasteiger charge is -2.38. The summed E-state index contributed by atoms with van der Waals surface area (Å²) < 4.78 is 24.1. The van der Waals surface area contributed by atoms with Crippen molar-refractivity contribution < 1.29 is 23.5 Å². The smallest absolute Gasteiger partial charge is 0.233 e. The van der Waals surface area contributed by atoms with Crippen LogP contribution in [0.2, 0.25) is 0 Å². The van der Waals surface area contributed by atoms with Gasteiger partial charge in [-0.2, -0.15) is 0 Å². The summed E-state index contributed by atoms with van der Waals surface area (Å²) in [4.78, 5) is 28.3. The lowest BCUT2D eigenvalue weighted by atomic mass is 9.77. The van der Waals surface area contributed by atoms with Crippen LogP contribution in [0.25, 0.3) is 0 Å². The molecule has 2 amide bonds. The van der Waals surface area contributed by atoms with Crippen LogP contribution >= 0.6 is 0 Å². The number of hydrogen-bond acceptors (Lipinski definition) is 4. The molecular formula is C25H27FN2O4. The van der Waals surface area contributed by atoms with Crippen LogP contribution in [0.15, 0.2) is 42.5 Å². The van der Waals surface area contributed by atoms with Gasteiger partial charge >= 0.3 is 0 Å². The van der Waals surface area contributed by atoms with Crippen molar-refractivity contribution >= 4 is 17.5 Å². The minimum atomic E-state index is -0.560. The Bertz CT molecular complexity index is 1010. The Morgan fingerprint density at radius 1 is 0.969 bits per heavy atom. The molecule has 2 aromatic carbocycles. The Hall–Kier alpha value is -3.09. The average molecular weight is 438 g/mol. The van der Waals surface area contributed by atoms with Crippen molar-refractivity contribution in [1.82, 2.24) is 4.90 Å². The third-order valence-electron chi connectivity index (χ3n) is 7.06. The van der Waals surface area contributed by atoms with E-state index in [1.165, 1.54) is 12.1 Å². The van der Waals surface area contributed by atoms with Gasteiger partial charge in [0.15, 0.2) is 11.5 Å². The Morgan fingerprint density at radius 3 is 2.38 bits per heavy atom. The number of nitrogens with zero attached hydrogens (tertiary/aromatic N) is 1. The average Bonchev–Trinajstić information content (AvgIpc) is 3.49. The second-order valence-electron chi connectivity index (χ2n) is 8.92. The highest BCUT2D eigenvalue weighted by molar-refractivity contribution is 5.93. The van der Waals surface area contributed by atoms with Gasteiger partial charge in [0.2, 0.25) is 18.6 Å². The van der Waals surface area contributed by atoms with Crippen LogP contribution in [0.5, 0.6) is 11.5 Å². The third-order valence-corrected chi connectivity index (χ3v) is 7.06. The van der Waals surface area contributed by atoms with Gasteiger partial charge in [0.25, 0.3) is 0 Å². The predicted octanol–water partition coefficient (Wildman–Crippen LogP) is 4.24. The van der Waals surface area contributed by atoms with E-state index < -0.39 is 5.41 Å². The van der Waals surface area contributed by atoms with E-state index in [2.05, 4.69) is 5.32 Å². The van der Waals surface area contributed by atoms with E-state index in [1.54, 1.807) is 30.3 Å². The molecular weight excluding hydrogens is 411 g/mol. The molecule has 0 aromatic heterocycles. The Morgan fingerprint density at radius 2 is 1.66 bits per heavy atom. The van der Waals surface area contributed by atoms with Crippen molar-refractivity contribution in [2.75, 3.05) is 25.2 Å². The molecule has 32 heavy (non-hydrogen) atoms. The first-order valence-electron chi connectivity index (χ1n) is 11.3. The minimum Gasteiger partial charge on any atom is -0.454 e. The fourth-order valence-corrected chi connectivity index (χ4v) is 5.24. The minimum absolute atomic E-state index is 0.0370. The molecule has 7 heteroatoms. The SMILES string of the molecule is O=C(Nc1ccc2c(c1)OCO2)C1CCN(C(=O)C2(c3ccc(F)cc3)CCCC2)CC1. The number of hydrogen-bond donors (Lipinski definition) is 1. The number of benzene rings is 2. The van der Waals surface area contributed by atoms with Crippen LogP contribution in [0.3, 0.4) is 0 Å². The number of carbonyl (C=O) groups is 2. The highest BCUT2D eigenvalue weighted by Crippen LogP contribution is 2.43. The molecule has 0 radical (unpaired) electrons. The van der Waals surface area contributed by atoms with Gasteiger partial charge in [-0.05, 0) is 55.5 Å². The molecule has 5 rings (SSSR count). The molecule has 2 aromatic rings. The normalized spacial score (nSPS) is 19.7. The lowest BCUT2D eigenvalue weighted by Crippen LogP contribution is -2.49. The van der Waals surface area contributed by atoms with Crippen molar-refractivity contribution in [1.29, 1.82) is 0 Å². The number of anilines is 1. The molecule has 1 saturated carbocycles. The van der Waals surface area contributed by atoms with Gasteiger partial charge < -0.3 is 19.7 Å². The first-order chi connectivity index (χ1) is 15.5. The van der Waals surface area contributed by atoms with Crippen molar-refractivity contribution in [3.63, 3.8) is 0 Å². The summed E-state index contributed by atoms with van der Waals surface area (Å²) in [6, 6.07) is 11.7. The maximum absolute atomic E-state index is 13.6. The molecule has 0 atom stereocenters. The molecule has 0 spiro atoms. The molecule has 2 aliphatic heterocycles. The predicted molar refractivity (Wildman–Crippen MR) is 117 cm³/mol. The number of fused-ring (bicyclic) bond motifs is 1. The Balaban J connectivity index is 1.22. The monoisotopic (exact) mass is 438 g/mol. The number of halogens is 1. The van der Waals surface area contributed by atoms with Crippen LogP contribution in [0.4, 0.5) is 10.1 Å². The van der Waals surface area contributed by atoms with E-state index >= 15 is 0 Å². The number of ether oxygens (including phenoxy) is 2. The maximum Gasteiger partial charge on any atom is 0.233 e. The van der Waals surface area contributed by atoms with Crippen LogP contribution in [-0.2, 0) is 15.0 Å². The second-order valence-corrected chi connectivity index (χ2v) is 8.92. The van der Waals surface area contributed by atoms with Gasteiger partial charge in [-0.1, -0.05) is 25.0 Å². The molecule has 0 bridgehead atoms. The van der Waals surface area contributed by atoms with E-state index in [4.69, 9.17) is 9.47 Å². The topological polar surface area (TPSA) is 67.9 Å². The first-order valence-corrected chi connectivity index (χ1v) is 11.3. The highest BCUT2D eigenvalue weighted by atomic mass is 19.1. The van der Waals surface area contributed by atoms with E-state index in [-0.39, 0.29) is 30.3 Å². The zero-order chi connectivity index (χ0) is 22.1. The molecule has 168 valence electrons. The van der Waals surface area contributed by atoms with Gasteiger partial charge in [0, 0.05) is 30.8 Å². The number of nitrogens with one attached hydrogen (secondary N) is 1. The molecule has 1 saturated heterocycles. The number of rotatable bonds is 4. The summed E-state index contributed by atoms with van der Waals surface area (Å²) in [6.07, 6.45) is 4.84. The van der Waals surface area contributed by atoms with Crippen molar-refractivity contribution in [2.24, 2.45) is 5.92 Å². The summed E-state index contributed by atoms with van der Waals surface area (Å²) in [7, 11) is 0. The van der Waals surface area contributed by atoms with E-state index in [0.717, 1.165) is 31.2 Å². The Labute approximate surface area is 186 Å². The van der Waals surface area contributed by atoms with Crippen LogP contribution in [0.1, 0.15) is 44.1 Å². The number of carbonyl (C=O) groups excluding carboxylic acids is 2. The fraction of sp³-hybridized carbons (Fsp3) is 0.440. The zero-order valence-corrected chi connectivity index (χ0v) is 17.9. The molecule has 1 aliphatic carbocycles. The van der Waals surface area contributed by atoms with Gasteiger partial charge in [-0.25, -0.2) is 4.39 Å². The van der Waals surface area contributed by atoms with Gasteiger partial charge in [0.05, 0.1) is 5.41 Å². The molecule has 6 nitrogen and oxygen atoms in total. The highest BCUT2D eigenvalue weighted by Gasteiger charge is 2.45. The number of piperidine rings is 1. The van der Waals surface area contributed by atoms with E-state index in [9.17, 15) is 14.0 Å². The fourth-order valence-electron chi connectivity index (χ4n) is 5.24. The quantitative estimate of drug-likeness (QED) is 0.775. The number of likely N-dealkylation sites (tertiary alicyclic amines) is 1. The summed E-state index contributed by atoms with van der Waals surface area (Å²) in [5.41, 5.74) is 1.03. The zero-order valence-electron chi connectivity index (χ0n) is 17.9. The molecule has 2 heterocycles. The Kier molecular flexibility index (Phi) is 5.49. The lowest BCUT2D eigenvalue weighted by molar-refractivity contribution is -0.140. The van der Waals surface area contributed by atoms with Crippen molar-refractivity contribution in [3.05, 3.63) is 53.8 Å². The van der Waals surface area contributed by atoms with Crippen LogP contribution in [0, 0.1) is 11.7 Å². The summed E-state index contributed by atoms with van der Waals surface area (Å²) in [5, 5.41) is 2.97. The van der Waals surface area contributed by atoms with Crippen molar-refractivity contribution in [3.8, 4) is 11.5 Å². The molecule has 0 unspecified atom stereocenters. The largest absolute Gasteiger partial charge is 0.454 e. The summed E-state index contributed by atoms with van der Waals surface area (Å²) >= 11 is 0. The first kappa shape index (κ1) is 20.8. The van der Waals surface area contributed by atoms with Crippen LogP contribution < -0.4 is 14.8 Å². The van der Waals surface area contributed by atoms with Gasteiger partial charge in [-0.15, -0.1) is 0 Å². The van der Waals surface area contributed by atoms with E-state index in [0.29, 0.717) is 43.1 Å². The van der Waals surface area contributed by atoms with Crippen molar-refractivity contribution in [2.45, 2.75) is 43.9 Å².